The molecule has 0 aromatic carbocycles. The van der Waals surface area contributed by atoms with Crippen LogP contribution < -0.4 is 5.32 Å². The Morgan fingerprint density at radius 2 is 2.05 bits per heavy atom. The van der Waals surface area contributed by atoms with E-state index in [1.807, 2.05) is 0 Å². The highest BCUT2D eigenvalue weighted by atomic mass is 16.7. The number of nitrogens with one attached hydrogen (secondary N) is 1. The van der Waals surface area contributed by atoms with Gasteiger partial charge < -0.3 is 25.0 Å². The monoisotopic (exact) mass is 302 g/mol. The molecule has 1 saturated heterocycles. The van der Waals surface area contributed by atoms with Crippen molar-refractivity contribution in [2.45, 2.75) is 63.9 Å². The highest BCUT2D eigenvalue weighted by Gasteiger charge is 2.46. The van der Waals surface area contributed by atoms with Crippen molar-refractivity contribution in [1.29, 1.82) is 0 Å². The average molecular weight is 302 g/mol. The second-order valence-corrected chi connectivity index (χ2v) is 5.89. The highest BCUT2D eigenvalue weighted by molar-refractivity contribution is 5.73. The first-order valence-electron chi connectivity index (χ1n) is 6.63. The third kappa shape index (κ3) is 5.14. The minimum Gasteiger partial charge on any atom is -0.388 e. The molecule has 0 bridgehead atoms. The van der Waals surface area contributed by atoms with E-state index in [-0.39, 0.29) is 12.5 Å². The number of amides is 1. The summed E-state index contributed by atoms with van der Waals surface area (Å²) >= 11 is 0. The van der Waals surface area contributed by atoms with Crippen LogP contribution in [0.25, 0.3) is 10.4 Å². The van der Waals surface area contributed by atoms with Crippen LogP contribution in [0.2, 0.25) is 0 Å². The molecule has 9 heteroatoms. The molecule has 0 aromatic heterocycles. The zero-order valence-corrected chi connectivity index (χ0v) is 12.6. The van der Waals surface area contributed by atoms with Gasteiger partial charge in [-0.2, -0.15) is 0 Å². The number of aliphatic hydroxyl groups excluding tert-OH is 2. The maximum atomic E-state index is 11.2. The van der Waals surface area contributed by atoms with Crippen LogP contribution >= 0.6 is 0 Å². The van der Waals surface area contributed by atoms with Gasteiger partial charge in [0.1, 0.15) is 18.2 Å². The van der Waals surface area contributed by atoms with E-state index in [4.69, 9.17) is 15.0 Å². The van der Waals surface area contributed by atoms with Gasteiger partial charge >= 0.3 is 0 Å². The van der Waals surface area contributed by atoms with Crippen LogP contribution in [0.1, 0.15) is 27.7 Å². The first-order valence-corrected chi connectivity index (χ1v) is 6.63. The van der Waals surface area contributed by atoms with Crippen molar-refractivity contribution in [3.8, 4) is 0 Å². The summed E-state index contributed by atoms with van der Waals surface area (Å²) in [4.78, 5) is 13.8. The number of aliphatic hydroxyl groups is 2. The maximum absolute atomic E-state index is 11.2. The number of hydrogen-bond acceptors (Lipinski definition) is 6. The third-order valence-electron chi connectivity index (χ3n) is 2.87. The second-order valence-electron chi connectivity index (χ2n) is 5.89. The molecular formula is C12H22N4O5. The van der Waals surface area contributed by atoms with Gasteiger partial charge in [0, 0.05) is 11.8 Å². The summed E-state index contributed by atoms with van der Waals surface area (Å²) in [7, 11) is 0. The van der Waals surface area contributed by atoms with Crippen LogP contribution in [0, 0.1) is 0 Å². The summed E-state index contributed by atoms with van der Waals surface area (Å²) in [6.07, 6.45) is -4.47. The summed E-state index contributed by atoms with van der Waals surface area (Å²) in [6, 6.07) is -0.918. The molecule has 0 saturated carbocycles. The number of nitrogens with zero attached hydrogens (tertiary/aromatic N) is 3. The fraction of sp³-hybridized carbons (Fsp3) is 0.917. The van der Waals surface area contributed by atoms with Crippen LogP contribution in [-0.2, 0) is 14.3 Å². The lowest BCUT2D eigenvalue weighted by molar-refractivity contribution is -0.286. The molecular weight excluding hydrogens is 280 g/mol. The van der Waals surface area contributed by atoms with Gasteiger partial charge in [-0.25, -0.2) is 0 Å². The maximum Gasteiger partial charge on any atom is 0.217 e. The van der Waals surface area contributed by atoms with Crippen LogP contribution in [-0.4, -0.2) is 58.9 Å². The quantitative estimate of drug-likeness (QED) is 0.383. The van der Waals surface area contributed by atoms with Crippen molar-refractivity contribution in [1.82, 2.24) is 5.32 Å². The highest BCUT2D eigenvalue weighted by Crippen LogP contribution is 2.26. The molecule has 0 spiro atoms. The molecule has 0 aromatic rings. The van der Waals surface area contributed by atoms with Crippen LogP contribution in [0.15, 0.2) is 5.11 Å². The Morgan fingerprint density at radius 1 is 1.43 bits per heavy atom. The predicted octanol–water partition coefficient (Wildman–Crippen LogP) is 0.0632. The zero-order chi connectivity index (χ0) is 16.2. The molecule has 3 N–H and O–H groups in total. The number of carbonyl (C=O) groups excluding carboxylic acids is 1. The van der Waals surface area contributed by atoms with Gasteiger partial charge in [-0.15, -0.1) is 0 Å². The number of hydrogen-bond donors (Lipinski definition) is 3. The van der Waals surface area contributed by atoms with E-state index >= 15 is 0 Å². The average Bonchev–Trinajstić information content (AvgIpc) is 2.34. The third-order valence-corrected chi connectivity index (χ3v) is 2.87. The fourth-order valence-corrected chi connectivity index (χ4v) is 2.04. The minimum atomic E-state index is -1.30. The van der Waals surface area contributed by atoms with Gasteiger partial charge in [-0.05, 0) is 26.3 Å². The molecule has 5 atom stereocenters. The van der Waals surface area contributed by atoms with E-state index in [0.717, 1.165) is 0 Å². The van der Waals surface area contributed by atoms with Crippen molar-refractivity contribution < 1.29 is 24.5 Å². The zero-order valence-electron chi connectivity index (χ0n) is 12.6. The molecule has 1 amide bonds. The fourth-order valence-electron chi connectivity index (χ4n) is 2.04. The van der Waals surface area contributed by atoms with Gasteiger partial charge in [0.2, 0.25) is 5.91 Å². The summed E-state index contributed by atoms with van der Waals surface area (Å²) in [5.41, 5.74) is 7.75. The molecule has 0 aliphatic carbocycles. The smallest absolute Gasteiger partial charge is 0.217 e. The second kappa shape index (κ2) is 7.06. The summed E-state index contributed by atoms with van der Waals surface area (Å²) in [6.45, 7) is 6.52. The van der Waals surface area contributed by atoms with Gasteiger partial charge in [0.05, 0.1) is 18.2 Å². The number of rotatable bonds is 4. The van der Waals surface area contributed by atoms with E-state index in [0.29, 0.717) is 0 Å². The lowest BCUT2D eigenvalue weighted by atomic mass is 9.96. The van der Waals surface area contributed by atoms with E-state index in [9.17, 15) is 15.0 Å². The number of carbonyl (C=O) groups is 1. The van der Waals surface area contributed by atoms with Crippen molar-refractivity contribution in [3.05, 3.63) is 10.4 Å². The van der Waals surface area contributed by atoms with Crippen LogP contribution in [0.3, 0.4) is 0 Å². The normalized spacial score (nSPS) is 33.1. The molecule has 2 unspecified atom stereocenters. The molecule has 21 heavy (non-hydrogen) atoms. The van der Waals surface area contributed by atoms with Crippen LogP contribution in [0.4, 0.5) is 0 Å². The summed E-state index contributed by atoms with van der Waals surface area (Å²) in [5, 5.41) is 26.0. The lowest BCUT2D eigenvalue weighted by Crippen LogP contribution is -2.65. The SMILES string of the molecule is CC(=O)N[C@H]1C(O)[C@@H](O)C(CN=[N+]=[N-])O[C@@H]1OC(C)(C)C. The topological polar surface area (TPSA) is 137 Å². The largest absolute Gasteiger partial charge is 0.388 e. The Balaban J connectivity index is 2.94. The van der Waals surface area contributed by atoms with Crippen LogP contribution in [0.5, 0.6) is 0 Å². The Kier molecular flexibility index (Phi) is 5.94. The molecule has 1 fully saturated rings. The molecule has 1 aliphatic heterocycles. The molecule has 0 radical (unpaired) electrons. The standard InChI is InChI=1S/C12H22N4O5/c1-6(17)15-8-10(19)9(18)7(5-14-16-13)20-11(8)21-12(2,3)4/h7-11,18-19H,5H2,1-4H3,(H,15,17)/t7?,8-,9-,10?,11+/m0/s1. The Labute approximate surface area is 122 Å². The molecule has 1 heterocycles. The van der Waals surface area contributed by atoms with E-state index < -0.39 is 36.2 Å². The Bertz CT molecular complexity index is 418. The lowest BCUT2D eigenvalue weighted by Gasteiger charge is -2.44. The van der Waals surface area contributed by atoms with Gasteiger partial charge in [-0.1, -0.05) is 5.11 Å². The molecule has 1 aliphatic rings. The first kappa shape index (κ1) is 17.7. The molecule has 9 nitrogen and oxygen atoms in total. The first-order chi connectivity index (χ1) is 9.65. The van der Waals surface area contributed by atoms with Crippen molar-refractivity contribution >= 4 is 5.91 Å². The molecule has 120 valence electrons. The molecule has 1 rings (SSSR count). The van der Waals surface area contributed by atoms with E-state index in [1.54, 1.807) is 20.8 Å². The van der Waals surface area contributed by atoms with Gasteiger partial charge in [0.25, 0.3) is 0 Å². The van der Waals surface area contributed by atoms with Crippen molar-refractivity contribution in [2.75, 3.05) is 6.54 Å². The van der Waals surface area contributed by atoms with E-state index in [1.165, 1.54) is 6.92 Å². The van der Waals surface area contributed by atoms with Crippen molar-refractivity contribution in [3.63, 3.8) is 0 Å². The Morgan fingerprint density at radius 3 is 2.52 bits per heavy atom. The summed E-state index contributed by atoms with van der Waals surface area (Å²) < 4.78 is 11.2. The number of ether oxygens (including phenoxy) is 2. The summed E-state index contributed by atoms with van der Waals surface area (Å²) in [5.74, 6) is -0.383. The minimum absolute atomic E-state index is 0.147. The van der Waals surface area contributed by atoms with Crippen molar-refractivity contribution in [2.24, 2.45) is 5.11 Å². The number of azide groups is 1. The van der Waals surface area contributed by atoms with Gasteiger partial charge in [0.15, 0.2) is 6.29 Å². The Hall–Kier alpha value is -1.38. The van der Waals surface area contributed by atoms with Gasteiger partial charge in [-0.3, -0.25) is 4.79 Å². The van der Waals surface area contributed by atoms with E-state index in [2.05, 4.69) is 15.3 Å². The predicted molar refractivity (Wildman–Crippen MR) is 73.1 cm³/mol.